The topological polar surface area (TPSA) is 38.3 Å². The molecule has 3 nitrogen and oxygen atoms in total. The summed E-state index contributed by atoms with van der Waals surface area (Å²) in [5, 5.41) is 2.81. The molecule has 0 heterocycles. The van der Waals surface area contributed by atoms with Crippen LogP contribution in [-0.2, 0) is 4.79 Å². The van der Waals surface area contributed by atoms with Crippen molar-refractivity contribution in [2.75, 3.05) is 18.3 Å². The smallest absolute Gasteiger partial charge is 0.225 e. The first-order chi connectivity index (χ1) is 7.58. The van der Waals surface area contributed by atoms with Crippen LogP contribution in [0.4, 0.5) is 5.69 Å². The molecule has 1 rings (SSSR count). The highest BCUT2D eigenvalue weighted by atomic mass is 35.5. The van der Waals surface area contributed by atoms with Crippen LogP contribution in [0.3, 0.4) is 0 Å². The number of ether oxygens (including phenoxy) is 1. The van der Waals surface area contributed by atoms with Gasteiger partial charge in [-0.3, -0.25) is 4.79 Å². The molecule has 0 aliphatic rings. The van der Waals surface area contributed by atoms with Crippen LogP contribution in [0.25, 0.3) is 0 Å². The van der Waals surface area contributed by atoms with E-state index in [0.29, 0.717) is 18.1 Å². The monoisotopic (exact) mass is 241 g/mol. The van der Waals surface area contributed by atoms with E-state index < -0.39 is 0 Å². The molecule has 1 aromatic carbocycles. The molecule has 0 bridgehead atoms. The van der Waals surface area contributed by atoms with E-state index in [1.165, 1.54) is 0 Å². The Morgan fingerprint density at radius 2 is 2.12 bits per heavy atom. The molecule has 4 heteroatoms. The van der Waals surface area contributed by atoms with E-state index in [4.69, 9.17) is 16.3 Å². The Kier molecular flexibility index (Phi) is 4.62. The molecule has 0 unspecified atom stereocenters. The lowest BCUT2D eigenvalue weighted by Crippen LogP contribution is -2.13. The summed E-state index contributed by atoms with van der Waals surface area (Å²) >= 11 is 5.51. The average molecular weight is 242 g/mol. The summed E-state index contributed by atoms with van der Waals surface area (Å²) in [6.45, 7) is 3.92. The Bertz CT molecular complexity index is 391. The van der Waals surface area contributed by atoms with E-state index in [9.17, 15) is 4.79 Å². The zero-order valence-electron chi connectivity index (χ0n) is 9.76. The van der Waals surface area contributed by atoms with Gasteiger partial charge in [-0.1, -0.05) is 6.07 Å². The molecule has 1 amide bonds. The zero-order chi connectivity index (χ0) is 12.1. The maximum Gasteiger partial charge on any atom is 0.225 e. The molecule has 1 N–H and O–H groups in total. The highest BCUT2D eigenvalue weighted by molar-refractivity contribution is 6.19. The van der Waals surface area contributed by atoms with E-state index in [2.05, 4.69) is 5.32 Å². The SMILES string of the molecule is COc1cc(C)cc(C)c1NC(=O)CCCl. The second-order valence-electron chi connectivity index (χ2n) is 3.65. The predicted molar refractivity (Wildman–Crippen MR) is 66.4 cm³/mol. The van der Waals surface area contributed by atoms with E-state index in [1.807, 2.05) is 26.0 Å². The Balaban J connectivity index is 2.98. The third-order valence-electron chi connectivity index (χ3n) is 2.25. The lowest BCUT2D eigenvalue weighted by molar-refractivity contribution is -0.115. The molecule has 0 atom stereocenters. The Morgan fingerprint density at radius 3 is 2.69 bits per heavy atom. The third-order valence-corrected chi connectivity index (χ3v) is 2.44. The van der Waals surface area contributed by atoms with Crippen molar-refractivity contribution in [2.45, 2.75) is 20.3 Å². The second-order valence-corrected chi connectivity index (χ2v) is 4.02. The molecule has 0 aliphatic carbocycles. The normalized spacial score (nSPS) is 10.0. The zero-order valence-corrected chi connectivity index (χ0v) is 10.5. The molecule has 0 fully saturated rings. The summed E-state index contributed by atoms with van der Waals surface area (Å²) in [5.74, 6) is 0.902. The number of hydrogen-bond donors (Lipinski definition) is 1. The Labute approximate surface area is 101 Å². The summed E-state index contributed by atoms with van der Waals surface area (Å²) in [5.41, 5.74) is 2.81. The van der Waals surface area contributed by atoms with E-state index >= 15 is 0 Å². The summed E-state index contributed by atoms with van der Waals surface area (Å²) in [4.78, 5) is 11.5. The van der Waals surface area contributed by atoms with Crippen LogP contribution in [-0.4, -0.2) is 18.9 Å². The van der Waals surface area contributed by atoms with Crippen LogP contribution in [0.2, 0.25) is 0 Å². The van der Waals surface area contributed by atoms with Gasteiger partial charge in [-0.25, -0.2) is 0 Å². The number of nitrogens with one attached hydrogen (secondary N) is 1. The maximum atomic E-state index is 11.5. The van der Waals surface area contributed by atoms with E-state index in [-0.39, 0.29) is 5.91 Å². The Morgan fingerprint density at radius 1 is 1.44 bits per heavy atom. The lowest BCUT2D eigenvalue weighted by atomic mass is 10.1. The second kappa shape index (κ2) is 5.75. The summed E-state index contributed by atoms with van der Waals surface area (Å²) in [6, 6.07) is 3.89. The van der Waals surface area contributed by atoms with Crippen molar-refractivity contribution in [1.29, 1.82) is 0 Å². The largest absolute Gasteiger partial charge is 0.495 e. The molecule has 16 heavy (non-hydrogen) atoms. The van der Waals surface area contributed by atoms with Gasteiger partial charge >= 0.3 is 0 Å². The van der Waals surface area contributed by atoms with Gasteiger partial charge < -0.3 is 10.1 Å². The van der Waals surface area contributed by atoms with Crippen LogP contribution < -0.4 is 10.1 Å². The molecular formula is C12H16ClNO2. The first-order valence-electron chi connectivity index (χ1n) is 5.09. The van der Waals surface area contributed by atoms with Gasteiger partial charge in [0.1, 0.15) is 5.75 Å². The standard InChI is InChI=1S/C12H16ClNO2/c1-8-6-9(2)12(10(7-8)16-3)14-11(15)4-5-13/h6-7H,4-5H2,1-3H3,(H,14,15). The summed E-state index contributed by atoms with van der Waals surface area (Å²) in [6.07, 6.45) is 0.304. The molecule has 0 saturated heterocycles. The highest BCUT2D eigenvalue weighted by Crippen LogP contribution is 2.29. The predicted octanol–water partition coefficient (Wildman–Crippen LogP) is 2.88. The van der Waals surface area contributed by atoms with Gasteiger partial charge in [0.2, 0.25) is 5.91 Å². The first kappa shape index (κ1) is 12.8. The molecule has 0 aromatic heterocycles. The summed E-state index contributed by atoms with van der Waals surface area (Å²) in [7, 11) is 1.59. The fraction of sp³-hybridized carbons (Fsp3) is 0.417. The van der Waals surface area contributed by atoms with Crippen molar-refractivity contribution in [2.24, 2.45) is 0 Å². The minimum absolute atomic E-state index is 0.0970. The van der Waals surface area contributed by atoms with Gasteiger partial charge in [-0.15, -0.1) is 11.6 Å². The molecule has 1 aromatic rings. The van der Waals surface area contributed by atoms with Crippen LogP contribution in [0.5, 0.6) is 5.75 Å². The minimum Gasteiger partial charge on any atom is -0.495 e. The summed E-state index contributed by atoms with van der Waals surface area (Å²) < 4.78 is 5.24. The maximum absolute atomic E-state index is 11.5. The van der Waals surface area contributed by atoms with E-state index in [0.717, 1.165) is 16.8 Å². The van der Waals surface area contributed by atoms with Gasteiger partial charge in [-0.05, 0) is 31.0 Å². The molecule has 88 valence electrons. The molecular weight excluding hydrogens is 226 g/mol. The van der Waals surface area contributed by atoms with Gasteiger partial charge in [0, 0.05) is 12.3 Å². The number of rotatable bonds is 4. The molecule has 0 radical (unpaired) electrons. The third kappa shape index (κ3) is 3.14. The Hall–Kier alpha value is -1.22. The number of aryl methyl sites for hydroxylation is 2. The first-order valence-corrected chi connectivity index (χ1v) is 5.63. The van der Waals surface area contributed by atoms with E-state index in [1.54, 1.807) is 7.11 Å². The average Bonchev–Trinajstić information content (AvgIpc) is 2.22. The van der Waals surface area contributed by atoms with Gasteiger partial charge in [0.05, 0.1) is 12.8 Å². The van der Waals surface area contributed by atoms with Gasteiger partial charge in [0.25, 0.3) is 0 Å². The fourth-order valence-electron chi connectivity index (χ4n) is 1.54. The minimum atomic E-state index is -0.0970. The molecule has 0 spiro atoms. The quantitative estimate of drug-likeness (QED) is 0.824. The van der Waals surface area contributed by atoms with Crippen LogP contribution in [0, 0.1) is 13.8 Å². The van der Waals surface area contributed by atoms with Gasteiger partial charge in [0.15, 0.2) is 0 Å². The van der Waals surface area contributed by atoms with Crippen molar-refractivity contribution in [3.05, 3.63) is 23.3 Å². The van der Waals surface area contributed by atoms with Gasteiger partial charge in [-0.2, -0.15) is 0 Å². The number of amides is 1. The van der Waals surface area contributed by atoms with Crippen molar-refractivity contribution >= 4 is 23.2 Å². The number of methoxy groups -OCH3 is 1. The molecule has 0 saturated carbocycles. The van der Waals surface area contributed by atoms with Crippen LogP contribution >= 0.6 is 11.6 Å². The number of halogens is 1. The number of hydrogen-bond acceptors (Lipinski definition) is 2. The highest BCUT2D eigenvalue weighted by Gasteiger charge is 2.10. The van der Waals surface area contributed by atoms with Crippen molar-refractivity contribution < 1.29 is 9.53 Å². The fourth-order valence-corrected chi connectivity index (χ4v) is 1.71. The molecule has 0 aliphatic heterocycles. The van der Waals surface area contributed by atoms with Crippen LogP contribution in [0.15, 0.2) is 12.1 Å². The van der Waals surface area contributed by atoms with Crippen molar-refractivity contribution in [3.63, 3.8) is 0 Å². The number of anilines is 1. The lowest BCUT2D eigenvalue weighted by Gasteiger charge is -2.13. The van der Waals surface area contributed by atoms with Crippen molar-refractivity contribution in [1.82, 2.24) is 0 Å². The van der Waals surface area contributed by atoms with Crippen molar-refractivity contribution in [3.8, 4) is 5.75 Å². The number of carbonyl (C=O) groups is 1. The van der Waals surface area contributed by atoms with Crippen LogP contribution in [0.1, 0.15) is 17.5 Å². The number of alkyl halides is 1. The number of benzene rings is 1. The number of carbonyl (C=O) groups excluding carboxylic acids is 1.